The zero-order valence-corrected chi connectivity index (χ0v) is 13.6. The van der Waals surface area contributed by atoms with Crippen LogP contribution in [0, 0.1) is 0 Å². The molecule has 102 valence electrons. The highest BCUT2D eigenvalue weighted by Crippen LogP contribution is 2.27. The Labute approximate surface area is 133 Å². The third kappa shape index (κ3) is 3.10. The Morgan fingerprint density at radius 2 is 1.90 bits per heavy atom. The van der Waals surface area contributed by atoms with Crippen molar-refractivity contribution >= 4 is 37.6 Å². The van der Waals surface area contributed by atoms with Crippen molar-refractivity contribution in [2.75, 3.05) is 0 Å². The number of hydrogen-bond acceptors (Lipinski definition) is 3. The average Bonchev–Trinajstić information content (AvgIpc) is 3.23. The van der Waals surface area contributed by atoms with Gasteiger partial charge in [-0.15, -0.1) is 0 Å². The van der Waals surface area contributed by atoms with Gasteiger partial charge in [-0.2, -0.15) is 0 Å². The van der Waals surface area contributed by atoms with Gasteiger partial charge in [-0.05, 0) is 75.0 Å². The van der Waals surface area contributed by atoms with Gasteiger partial charge in [-0.1, -0.05) is 0 Å². The minimum absolute atomic E-state index is 0.109. The largest absolute Gasteiger partial charge is 0.490 e. The molecule has 0 saturated heterocycles. The third-order valence-corrected chi connectivity index (χ3v) is 4.00. The number of ketones is 1. The van der Waals surface area contributed by atoms with E-state index in [2.05, 4.69) is 36.8 Å². The normalized spacial score (nSPS) is 14.1. The molecule has 0 bridgehead atoms. The van der Waals surface area contributed by atoms with E-state index < -0.39 is 0 Å². The quantitative estimate of drug-likeness (QED) is 0.720. The van der Waals surface area contributed by atoms with Crippen molar-refractivity contribution in [2.24, 2.45) is 0 Å². The Bertz CT molecular complexity index is 651. The number of carbonyl (C=O) groups is 1. The number of halogens is 2. The van der Waals surface area contributed by atoms with Gasteiger partial charge in [0.1, 0.15) is 11.4 Å². The number of benzene rings is 1. The second-order valence-electron chi connectivity index (χ2n) is 4.65. The molecule has 1 aliphatic carbocycles. The highest BCUT2D eigenvalue weighted by Gasteiger charge is 2.23. The molecule has 1 saturated carbocycles. The number of ether oxygens (including phenoxy) is 1. The maximum atomic E-state index is 12.4. The topological polar surface area (TPSA) is 39.2 Å². The van der Waals surface area contributed by atoms with Gasteiger partial charge in [0.2, 0.25) is 5.78 Å². The van der Waals surface area contributed by atoms with Crippen LogP contribution in [0.4, 0.5) is 0 Å². The third-order valence-electron chi connectivity index (χ3n) is 2.97. The van der Waals surface area contributed by atoms with Gasteiger partial charge in [0, 0.05) is 20.7 Å². The fourth-order valence-corrected chi connectivity index (χ4v) is 2.95. The average molecular weight is 397 g/mol. The minimum atomic E-state index is -0.109. The van der Waals surface area contributed by atoms with E-state index in [1.807, 2.05) is 18.2 Å². The smallest absolute Gasteiger partial charge is 0.212 e. The maximum Gasteiger partial charge on any atom is 0.212 e. The van der Waals surface area contributed by atoms with Gasteiger partial charge in [-0.3, -0.25) is 9.78 Å². The summed E-state index contributed by atoms with van der Waals surface area (Å²) in [5.41, 5.74) is 1.01. The van der Waals surface area contributed by atoms with Crippen LogP contribution in [0.2, 0.25) is 0 Å². The molecular formula is C15H11Br2NO2. The Balaban J connectivity index is 1.82. The molecule has 5 heteroatoms. The molecule has 0 N–H and O–H groups in total. The van der Waals surface area contributed by atoms with E-state index in [4.69, 9.17) is 4.74 Å². The summed E-state index contributed by atoms with van der Waals surface area (Å²) in [7, 11) is 0. The minimum Gasteiger partial charge on any atom is -0.490 e. The summed E-state index contributed by atoms with van der Waals surface area (Å²) in [6.45, 7) is 0. The number of hydrogen-bond donors (Lipinski definition) is 0. The molecule has 0 amide bonds. The number of nitrogens with zero attached hydrogens (tertiary/aromatic N) is 1. The van der Waals surface area contributed by atoms with Gasteiger partial charge in [0.25, 0.3) is 0 Å². The van der Waals surface area contributed by atoms with Crippen LogP contribution < -0.4 is 4.74 Å². The molecule has 1 aromatic heterocycles. The molecule has 20 heavy (non-hydrogen) atoms. The standard InChI is InChI=1S/C15H11Br2NO2/c16-10-7-13(17)14(18-8-10)15(19)9-1-3-11(4-2-9)20-12-5-6-12/h1-4,7-8,12H,5-6H2. The second kappa shape index (κ2) is 5.66. The molecule has 2 aromatic rings. The summed E-state index contributed by atoms with van der Waals surface area (Å²) in [5, 5.41) is 0. The molecular weight excluding hydrogens is 386 g/mol. The summed E-state index contributed by atoms with van der Waals surface area (Å²) < 4.78 is 7.17. The Hall–Kier alpha value is -1.20. The SMILES string of the molecule is O=C(c1ccc(OC2CC2)cc1)c1ncc(Br)cc1Br. The van der Waals surface area contributed by atoms with Crippen LogP contribution in [0.5, 0.6) is 5.75 Å². The number of carbonyl (C=O) groups excluding carboxylic acids is 1. The molecule has 3 nitrogen and oxygen atoms in total. The van der Waals surface area contributed by atoms with E-state index in [0.717, 1.165) is 23.1 Å². The van der Waals surface area contributed by atoms with E-state index in [1.165, 1.54) is 0 Å². The zero-order valence-electron chi connectivity index (χ0n) is 10.5. The monoisotopic (exact) mass is 395 g/mol. The fourth-order valence-electron chi connectivity index (χ4n) is 1.78. The lowest BCUT2D eigenvalue weighted by atomic mass is 10.1. The van der Waals surface area contributed by atoms with Crippen molar-refractivity contribution in [1.29, 1.82) is 0 Å². The van der Waals surface area contributed by atoms with E-state index in [0.29, 0.717) is 21.8 Å². The molecule has 0 aliphatic heterocycles. The first kappa shape index (κ1) is 13.8. The fraction of sp³-hybridized carbons (Fsp3) is 0.200. The molecule has 0 atom stereocenters. The lowest BCUT2D eigenvalue weighted by Crippen LogP contribution is -2.05. The van der Waals surface area contributed by atoms with E-state index in [9.17, 15) is 4.79 Å². The van der Waals surface area contributed by atoms with Crippen LogP contribution in [0.3, 0.4) is 0 Å². The van der Waals surface area contributed by atoms with Crippen LogP contribution in [0.1, 0.15) is 28.9 Å². The van der Waals surface area contributed by atoms with Crippen LogP contribution in [0.25, 0.3) is 0 Å². The molecule has 1 heterocycles. The first-order valence-corrected chi connectivity index (χ1v) is 7.84. The Morgan fingerprint density at radius 3 is 2.50 bits per heavy atom. The van der Waals surface area contributed by atoms with Crippen LogP contribution in [-0.2, 0) is 0 Å². The Kier molecular flexibility index (Phi) is 3.89. The molecule has 3 rings (SSSR count). The van der Waals surface area contributed by atoms with Crippen molar-refractivity contribution in [3.8, 4) is 5.75 Å². The predicted molar refractivity (Wildman–Crippen MR) is 83.2 cm³/mol. The van der Waals surface area contributed by atoms with Gasteiger partial charge >= 0.3 is 0 Å². The van der Waals surface area contributed by atoms with Gasteiger partial charge < -0.3 is 4.74 Å². The van der Waals surface area contributed by atoms with Gasteiger partial charge in [0.05, 0.1) is 6.10 Å². The van der Waals surface area contributed by atoms with Gasteiger partial charge in [-0.25, -0.2) is 0 Å². The molecule has 0 spiro atoms. The summed E-state index contributed by atoms with van der Waals surface area (Å²) in [6.07, 6.45) is 4.22. The summed E-state index contributed by atoms with van der Waals surface area (Å²) in [5.74, 6) is 0.703. The highest BCUT2D eigenvalue weighted by atomic mass is 79.9. The van der Waals surface area contributed by atoms with Crippen LogP contribution in [0.15, 0.2) is 45.5 Å². The number of rotatable bonds is 4. The van der Waals surface area contributed by atoms with Crippen molar-refractivity contribution < 1.29 is 9.53 Å². The summed E-state index contributed by atoms with van der Waals surface area (Å²) in [4.78, 5) is 16.5. The highest BCUT2D eigenvalue weighted by molar-refractivity contribution is 9.11. The van der Waals surface area contributed by atoms with E-state index >= 15 is 0 Å². The van der Waals surface area contributed by atoms with Crippen molar-refractivity contribution in [3.05, 3.63) is 56.7 Å². The van der Waals surface area contributed by atoms with Gasteiger partial charge in [0.15, 0.2) is 0 Å². The molecule has 1 fully saturated rings. The number of pyridine rings is 1. The van der Waals surface area contributed by atoms with Crippen LogP contribution in [-0.4, -0.2) is 16.9 Å². The zero-order chi connectivity index (χ0) is 14.1. The molecule has 1 aliphatic rings. The Morgan fingerprint density at radius 1 is 1.20 bits per heavy atom. The lowest BCUT2D eigenvalue weighted by Gasteiger charge is -2.06. The molecule has 0 radical (unpaired) electrons. The first-order chi connectivity index (χ1) is 9.63. The first-order valence-electron chi connectivity index (χ1n) is 6.26. The van der Waals surface area contributed by atoms with Crippen molar-refractivity contribution in [2.45, 2.75) is 18.9 Å². The van der Waals surface area contributed by atoms with Crippen molar-refractivity contribution in [3.63, 3.8) is 0 Å². The predicted octanol–water partition coefficient (Wildman–Crippen LogP) is 4.38. The van der Waals surface area contributed by atoms with Crippen molar-refractivity contribution in [1.82, 2.24) is 4.98 Å². The molecule has 0 unspecified atom stereocenters. The summed E-state index contributed by atoms with van der Waals surface area (Å²) >= 11 is 6.68. The molecule has 1 aromatic carbocycles. The van der Waals surface area contributed by atoms with Crippen LogP contribution >= 0.6 is 31.9 Å². The maximum absolute atomic E-state index is 12.4. The number of aromatic nitrogens is 1. The van der Waals surface area contributed by atoms with E-state index in [-0.39, 0.29) is 5.78 Å². The summed E-state index contributed by atoms with van der Waals surface area (Å²) in [6, 6.07) is 9.02. The second-order valence-corrected chi connectivity index (χ2v) is 6.42. The van der Waals surface area contributed by atoms with E-state index in [1.54, 1.807) is 18.3 Å². The lowest BCUT2D eigenvalue weighted by molar-refractivity contribution is 0.103.